The molecule has 0 saturated carbocycles. The minimum absolute atomic E-state index is 0.153. The monoisotopic (exact) mass is 515 g/mol. The Hall–Kier alpha value is -4.02. The first kappa shape index (κ1) is 23.1. The lowest BCUT2D eigenvalue weighted by atomic mass is 9.97. The van der Waals surface area contributed by atoms with Crippen molar-refractivity contribution in [2.24, 2.45) is 0 Å². The molecule has 0 aliphatic carbocycles. The van der Waals surface area contributed by atoms with Gasteiger partial charge in [0, 0.05) is 15.6 Å². The number of nitriles is 1. The van der Waals surface area contributed by atoms with Crippen molar-refractivity contribution in [2.75, 3.05) is 27.1 Å². The molecule has 170 valence electrons. The van der Waals surface area contributed by atoms with Gasteiger partial charge in [-0.3, -0.25) is 0 Å². The highest BCUT2D eigenvalue weighted by Crippen LogP contribution is 2.43. The topological polar surface area (TPSA) is 90.4 Å². The van der Waals surface area contributed by atoms with E-state index in [1.54, 1.807) is 33.5 Å². The van der Waals surface area contributed by atoms with Gasteiger partial charge in [-0.25, -0.2) is 4.98 Å². The molecule has 1 heterocycles. The fraction of sp³-hybridized carbons (Fsp3) is 0.111. The summed E-state index contributed by atoms with van der Waals surface area (Å²) in [6, 6.07) is 23.8. The van der Waals surface area contributed by atoms with Gasteiger partial charge in [0.25, 0.3) is 0 Å². The maximum absolute atomic E-state index is 9.80. The van der Waals surface area contributed by atoms with Crippen molar-refractivity contribution in [1.29, 1.82) is 5.26 Å². The molecule has 6 nitrogen and oxygen atoms in total. The Morgan fingerprint density at radius 1 is 0.765 bits per heavy atom. The van der Waals surface area contributed by atoms with Crippen molar-refractivity contribution < 1.29 is 14.2 Å². The van der Waals surface area contributed by atoms with Crippen LogP contribution < -0.4 is 19.9 Å². The molecule has 3 aromatic carbocycles. The van der Waals surface area contributed by atoms with E-state index in [0.717, 1.165) is 21.2 Å². The number of aromatic nitrogens is 1. The van der Waals surface area contributed by atoms with Crippen molar-refractivity contribution in [3.63, 3.8) is 0 Å². The first-order valence-electron chi connectivity index (χ1n) is 10.4. The van der Waals surface area contributed by atoms with E-state index < -0.39 is 0 Å². The molecule has 0 bridgehead atoms. The first-order chi connectivity index (χ1) is 16.5. The molecular weight excluding hydrogens is 494 g/mol. The maximum atomic E-state index is 9.80. The molecule has 0 radical (unpaired) electrons. The van der Waals surface area contributed by atoms with Gasteiger partial charge in [0.2, 0.25) is 5.75 Å². The molecule has 0 aliphatic rings. The Morgan fingerprint density at radius 2 is 1.29 bits per heavy atom. The summed E-state index contributed by atoms with van der Waals surface area (Å²) in [6.07, 6.45) is 0. The average molecular weight is 516 g/mol. The van der Waals surface area contributed by atoms with Gasteiger partial charge >= 0.3 is 0 Å². The molecule has 0 spiro atoms. The number of hydrogen-bond donors (Lipinski definition) is 1. The molecule has 0 fully saturated rings. The van der Waals surface area contributed by atoms with Gasteiger partial charge in [-0.05, 0) is 47.0 Å². The van der Waals surface area contributed by atoms with E-state index in [2.05, 4.69) is 39.1 Å². The Labute approximate surface area is 206 Å². The maximum Gasteiger partial charge on any atom is 0.203 e. The normalized spacial score (nSPS) is 10.4. The largest absolute Gasteiger partial charge is 0.493 e. The van der Waals surface area contributed by atoms with Gasteiger partial charge in [0.1, 0.15) is 17.5 Å². The van der Waals surface area contributed by atoms with Gasteiger partial charge in [0.15, 0.2) is 11.5 Å². The van der Waals surface area contributed by atoms with Crippen molar-refractivity contribution >= 4 is 21.7 Å². The summed E-state index contributed by atoms with van der Waals surface area (Å²) in [6.45, 7) is 0. The fourth-order valence-corrected chi connectivity index (χ4v) is 4.03. The highest BCUT2D eigenvalue weighted by atomic mass is 79.9. The van der Waals surface area contributed by atoms with E-state index in [-0.39, 0.29) is 11.4 Å². The SMILES string of the molecule is COc1cc(-c2cc(-c3ccc(-c4ccc(Br)cc4)cc3)nc(N)c2C#N)cc(OC)c1OC. The summed E-state index contributed by atoms with van der Waals surface area (Å²) < 4.78 is 17.4. The number of pyridine rings is 1. The minimum Gasteiger partial charge on any atom is -0.493 e. The number of hydrogen-bond acceptors (Lipinski definition) is 6. The Bertz CT molecular complexity index is 1350. The third-order valence-corrected chi connectivity index (χ3v) is 6.02. The summed E-state index contributed by atoms with van der Waals surface area (Å²) in [5.41, 5.74) is 11.6. The van der Waals surface area contributed by atoms with Gasteiger partial charge in [-0.2, -0.15) is 5.26 Å². The Morgan fingerprint density at radius 3 is 1.79 bits per heavy atom. The first-order valence-corrected chi connectivity index (χ1v) is 11.2. The van der Waals surface area contributed by atoms with Crippen LogP contribution in [0.25, 0.3) is 33.5 Å². The van der Waals surface area contributed by atoms with Crippen molar-refractivity contribution in [3.05, 3.63) is 76.8 Å². The van der Waals surface area contributed by atoms with Gasteiger partial charge in [0.05, 0.1) is 27.0 Å². The summed E-state index contributed by atoms with van der Waals surface area (Å²) in [5, 5.41) is 9.80. The lowest BCUT2D eigenvalue weighted by Gasteiger charge is -2.16. The molecule has 0 saturated heterocycles. The third kappa shape index (κ3) is 4.41. The molecule has 0 amide bonds. The highest BCUT2D eigenvalue weighted by Gasteiger charge is 2.19. The van der Waals surface area contributed by atoms with Gasteiger partial charge < -0.3 is 19.9 Å². The smallest absolute Gasteiger partial charge is 0.203 e. The van der Waals surface area contributed by atoms with Crippen LogP contribution in [0.1, 0.15) is 5.56 Å². The number of rotatable bonds is 6. The van der Waals surface area contributed by atoms with Crippen LogP contribution in [-0.2, 0) is 0 Å². The van der Waals surface area contributed by atoms with Crippen LogP contribution in [0.5, 0.6) is 17.2 Å². The highest BCUT2D eigenvalue weighted by molar-refractivity contribution is 9.10. The quantitative estimate of drug-likeness (QED) is 0.322. The second-order valence-corrected chi connectivity index (χ2v) is 8.34. The van der Waals surface area contributed by atoms with E-state index in [9.17, 15) is 5.26 Å². The number of nitrogens with two attached hydrogens (primary N) is 1. The number of halogens is 1. The number of nitrogen functional groups attached to an aromatic ring is 1. The molecule has 7 heteroatoms. The molecule has 0 unspecified atom stereocenters. The molecular formula is C27H22BrN3O3. The average Bonchev–Trinajstić information content (AvgIpc) is 2.87. The number of anilines is 1. The molecule has 4 rings (SSSR count). The van der Waals surface area contributed by atoms with E-state index in [4.69, 9.17) is 19.9 Å². The lowest BCUT2D eigenvalue weighted by molar-refractivity contribution is 0.324. The van der Waals surface area contributed by atoms with Crippen molar-refractivity contribution in [3.8, 4) is 56.8 Å². The van der Waals surface area contributed by atoms with Crippen molar-refractivity contribution in [1.82, 2.24) is 4.98 Å². The summed E-state index contributed by atoms with van der Waals surface area (Å²) in [4.78, 5) is 4.50. The van der Waals surface area contributed by atoms with Crippen molar-refractivity contribution in [2.45, 2.75) is 0 Å². The molecule has 2 N–H and O–H groups in total. The number of nitrogens with zero attached hydrogens (tertiary/aromatic N) is 2. The minimum atomic E-state index is 0.153. The van der Waals surface area contributed by atoms with E-state index in [1.807, 2.05) is 42.5 Å². The molecule has 34 heavy (non-hydrogen) atoms. The third-order valence-electron chi connectivity index (χ3n) is 5.49. The molecule has 0 aliphatic heterocycles. The second-order valence-electron chi connectivity index (χ2n) is 7.43. The number of methoxy groups -OCH3 is 3. The van der Waals surface area contributed by atoms with Gasteiger partial charge in [-0.1, -0.05) is 52.3 Å². The lowest BCUT2D eigenvalue weighted by Crippen LogP contribution is -2.01. The predicted molar refractivity (Wildman–Crippen MR) is 137 cm³/mol. The van der Waals surface area contributed by atoms with Crippen LogP contribution in [0.15, 0.2) is 71.2 Å². The van der Waals surface area contributed by atoms with Crippen LogP contribution in [0.2, 0.25) is 0 Å². The van der Waals surface area contributed by atoms with Crippen LogP contribution in [-0.4, -0.2) is 26.3 Å². The van der Waals surface area contributed by atoms with E-state index in [0.29, 0.717) is 34.1 Å². The number of ether oxygens (including phenoxy) is 3. The van der Waals surface area contributed by atoms with Crippen LogP contribution >= 0.6 is 15.9 Å². The predicted octanol–water partition coefficient (Wildman–Crippen LogP) is 6.32. The fourth-order valence-electron chi connectivity index (χ4n) is 3.77. The Balaban J connectivity index is 1.82. The van der Waals surface area contributed by atoms with Crippen LogP contribution in [0.3, 0.4) is 0 Å². The standard InChI is InChI=1S/C27H22BrN3O3/c1-32-24-12-19(13-25(33-2)26(24)34-3)21-14-23(31-27(30)22(21)15-29)18-6-4-16(5-7-18)17-8-10-20(28)11-9-17/h4-14H,1-3H3,(H2,30,31). The van der Waals surface area contributed by atoms with E-state index >= 15 is 0 Å². The van der Waals surface area contributed by atoms with Crippen LogP contribution in [0.4, 0.5) is 5.82 Å². The summed E-state index contributed by atoms with van der Waals surface area (Å²) >= 11 is 3.46. The van der Waals surface area contributed by atoms with E-state index in [1.165, 1.54) is 0 Å². The molecule has 1 aromatic heterocycles. The number of benzene rings is 3. The Kier molecular flexibility index (Phi) is 6.71. The van der Waals surface area contributed by atoms with Crippen LogP contribution in [0, 0.1) is 11.3 Å². The molecule has 0 atom stereocenters. The zero-order chi connectivity index (χ0) is 24.2. The zero-order valence-corrected chi connectivity index (χ0v) is 20.5. The zero-order valence-electron chi connectivity index (χ0n) is 18.9. The second kappa shape index (κ2) is 9.86. The molecule has 4 aromatic rings. The summed E-state index contributed by atoms with van der Waals surface area (Å²) in [7, 11) is 4.64. The van der Waals surface area contributed by atoms with Gasteiger partial charge in [-0.15, -0.1) is 0 Å². The summed E-state index contributed by atoms with van der Waals surface area (Å²) in [5.74, 6) is 1.59.